The molecule has 0 spiro atoms. The van der Waals surface area contributed by atoms with Crippen molar-refractivity contribution in [3.63, 3.8) is 0 Å². The highest BCUT2D eigenvalue weighted by Crippen LogP contribution is 2.43. The van der Waals surface area contributed by atoms with Crippen LogP contribution in [0, 0.1) is 0 Å². The summed E-state index contributed by atoms with van der Waals surface area (Å²) in [5.74, 6) is -0.677. The van der Waals surface area contributed by atoms with Gasteiger partial charge < -0.3 is 14.6 Å². The number of aromatic nitrogens is 1. The van der Waals surface area contributed by atoms with Crippen molar-refractivity contribution in [2.45, 2.75) is 31.8 Å². The lowest BCUT2D eigenvalue weighted by Crippen LogP contribution is -2.42. The molecule has 1 aliphatic rings. The lowest BCUT2D eigenvalue weighted by molar-refractivity contribution is -0.135. The fourth-order valence-electron chi connectivity index (χ4n) is 3.90. The van der Waals surface area contributed by atoms with E-state index in [-0.39, 0.29) is 12.2 Å². The van der Waals surface area contributed by atoms with Gasteiger partial charge >= 0.3 is 0 Å². The van der Waals surface area contributed by atoms with Gasteiger partial charge in [0.25, 0.3) is 5.91 Å². The number of carbonyl (C=O) groups excluding carboxylic acids is 2. The molecule has 0 fully saturated rings. The second-order valence-electron chi connectivity index (χ2n) is 7.43. The molecular weight excluding hydrogens is 364 g/mol. The largest absolute Gasteiger partial charge is 0.375 e. The standard InChI is InChI=1S/C24H24N2O3/c1-2-3-15-26-21-12-5-4-11-20(21)24(29,23(26)28)17-22(27)18-9-8-10-19(16-18)25-13-6-7-14-25/h4-14,16,29H,2-3,15,17H2,1H3/t24-/m1/s1. The molecule has 0 unspecified atom stereocenters. The Hall–Kier alpha value is -3.18. The molecule has 1 atom stereocenters. The van der Waals surface area contributed by atoms with Crippen molar-refractivity contribution in [1.82, 2.24) is 4.57 Å². The maximum atomic E-state index is 13.1. The van der Waals surface area contributed by atoms with E-state index in [9.17, 15) is 14.7 Å². The van der Waals surface area contributed by atoms with Crippen molar-refractivity contribution in [3.05, 3.63) is 84.2 Å². The molecule has 1 N–H and O–H groups in total. The first-order valence-electron chi connectivity index (χ1n) is 9.95. The Morgan fingerprint density at radius 2 is 1.79 bits per heavy atom. The second-order valence-corrected chi connectivity index (χ2v) is 7.43. The minimum Gasteiger partial charge on any atom is -0.375 e. The van der Waals surface area contributed by atoms with Crippen LogP contribution in [0.15, 0.2) is 73.1 Å². The van der Waals surface area contributed by atoms with Crippen molar-refractivity contribution in [2.24, 2.45) is 0 Å². The van der Waals surface area contributed by atoms with Crippen LogP contribution in [0.1, 0.15) is 42.1 Å². The monoisotopic (exact) mass is 388 g/mol. The van der Waals surface area contributed by atoms with E-state index < -0.39 is 11.5 Å². The van der Waals surface area contributed by atoms with E-state index >= 15 is 0 Å². The first kappa shape index (κ1) is 19.2. The highest BCUT2D eigenvalue weighted by Gasteiger charge is 2.50. The number of hydrogen-bond donors (Lipinski definition) is 1. The molecule has 0 saturated carbocycles. The molecule has 1 amide bonds. The van der Waals surface area contributed by atoms with Crippen molar-refractivity contribution >= 4 is 17.4 Å². The van der Waals surface area contributed by atoms with Gasteiger partial charge in [0.1, 0.15) is 0 Å². The Morgan fingerprint density at radius 3 is 2.55 bits per heavy atom. The number of para-hydroxylation sites is 1. The molecule has 0 radical (unpaired) electrons. The zero-order valence-corrected chi connectivity index (χ0v) is 16.4. The van der Waals surface area contributed by atoms with Gasteiger partial charge in [0, 0.05) is 35.8 Å². The smallest absolute Gasteiger partial charge is 0.264 e. The zero-order chi connectivity index (χ0) is 20.4. The molecule has 0 saturated heterocycles. The number of benzene rings is 2. The Labute approximate surface area is 170 Å². The summed E-state index contributed by atoms with van der Waals surface area (Å²) < 4.78 is 1.91. The summed E-state index contributed by atoms with van der Waals surface area (Å²) in [6, 6.07) is 18.3. The van der Waals surface area contributed by atoms with Gasteiger partial charge in [-0.3, -0.25) is 9.59 Å². The van der Waals surface area contributed by atoms with Crippen LogP contribution in [-0.4, -0.2) is 27.9 Å². The van der Waals surface area contributed by atoms with Gasteiger partial charge in [-0.25, -0.2) is 0 Å². The van der Waals surface area contributed by atoms with Crippen LogP contribution in [0.3, 0.4) is 0 Å². The van der Waals surface area contributed by atoms with E-state index in [0.29, 0.717) is 23.4 Å². The zero-order valence-electron chi connectivity index (χ0n) is 16.4. The third-order valence-electron chi connectivity index (χ3n) is 5.46. The minimum atomic E-state index is -1.83. The number of hydrogen-bond acceptors (Lipinski definition) is 3. The number of rotatable bonds is 7. The number of unbranched alkanes of at least 4 members (excludes halogenated alkanes) is 1. The minimum absolute atomic E-state index is 0.262. The molecule has 2 aromatic carbocycles. The fourth-order valence-corrected chi connectivity index (χ4v) is 3.90. The lowest BCUT2D eigenvalue weighted by Gasteiger charge is -2.22. The number of carbonyl (C=O) groups is 2. The Morgan fingerprint density at radius 1 is 1.03 bits per heavy atom. The number of aliphatic hydroxyl groups is 1. The highest BCUT2D eigenvalue weighted by atomic mass is 16.3. The van der Waals surface area contributed by atoms with Crippen LogP contribution in [-0.2, 0) is 10.4 Å². The van der Waals surface area contributed by atoms with Gasteiger partial charge in [-0.2, -0.15) is 0 Å². The average Bonchev–Trinajstić information content (AvgIpc) is 3.35. The molecule has 0 bridgehead atoms. The van der Waals surface area contributed by atoms with E-state index in [4.69, 9.17) is 0 Å². The summed E-state index contributed by atoms with van der Waals surface area (Å²) in [5, 5.41) is 11.3. The number of amides is 1. The molecule has 5 nitrogen and oxygen atoms in total. The Balaban J connectivity index is 1.64. The summed E-state index contributed by atoms with van der Waals surface area (Å²) in [6.45, 7) is 2.59. The Kier molecular flexibility index (Phi) is 5.07. The van der Waals surface area contributed by atoms with Crippen LogP contribution in [0.5, 0.6) is 0 Å². The van der Waals surface area contributed by atoms with E-state index in [0.717, 1.165) is 18.5 Å². The van der Waals surface area contributed by atoms with Crippen LogP contribution in [0.25, 0.3) is 5.69 Å². The molecule has 1 aromatic heterocycles. The Bertz CT molecular complexity index is 1040. The molecule has 29 heavy (non-hydrogen) atoms. The summed E-state index contributed by atoms with van der Waals surface area (Å²) in [4.78, 5) is 27.8. The quantitative estimate of drug-likeness (QED) is 0.620. The van der Waals surface area contributed by atoms with Gasteiger partial charge in [-0.1, -0.05) is 43.7 Å². The third-order valence-corrected chi connectivity index (χ3v) is 5.46. The second kappa shape index (κ2) is 7.68. The van der Waals surface area contributed by atoms with Crippen LogP contribution in [0.4, 0.5) is 5.69 Å². The van der Waals surface area contributed by atoms with Crippen LogP contribution in [0.2, 0.25) is 0 Å². The molecule has 5 heteroatoms. The van der Waals surface area contributed by atoms with Crippen LogP contribution < -0.4 is 4.90 Å². The van der Waals surface area contributed by atoms with E-state index in [2.05, 4.69) is 6.92 Å². The van der Waals surface area contributed by atoms with Crippen molar-refractivity contribution in [2.75, 3.05) is 11.4 Å². The molecule has 1 aliphatic heterocycles. The number of fused-ring (bicyclic) bond motifs is 1. The maximum Gasteiger partial charge on any atom is 0.264 e. The molecule has 148 valence electrons. The molecule has 0 aliphatic carbocycles. The summed E-state index contributed by atoms with van der Waals surface area (Å²) in [6.07, 6.45) is 5.30. The summed E-state index contributed by atoms with van der Waals surface area (Å²) in [7, 11) is 0. The van der Waals surface area contributed by atoms with Gasteiger partial charge in [-0.05, 0) is 36.8 Å². The SMILES string of the molecule is CCCCN1C(=O)[C@@](O)(CC(=O)c2cccc(-n3cccc3)c2)c2ccccc21. The topological polar surface area (TPSA) is 62.5 Å². The van der Waals surface area contributed by atoms with Crippen molar-refractivity contribution < 1.29 is 14.7 Å². The van der Waals surface area contributed by atoms with Crippen molar-refractivity contribution in [1.29, 1.82) is 0 Å². The average molecular weight is 388 g/mol. The van der Waals surface area contributed by atoms with Gasteiger partial charge in [0.15, 0.2) is 11.4 Å². The maximum absolute atomic E-state index is 13.1. The normalized spacial score (nSPS) is 18.1. The van der Waals surface area contributed by atoms with E-state index in [1.54, 1.807) is 29.2 Å². The molecule has 2 heterocycles. The number of ketones is 1. The molecular formula is C24H24N2O3. The number of Topliss-reactive ketones (excluding diaryl/α,β-unsaturated/α-hetero) is 1. The fraction of sp³-hybridized carbons (Fsp3) is 0.250. The molecule has 3 aromatic rings. The first-order chi connectivity index (χ1) is 14.0. The summed E-state index contributed by atoms with van der Waals surface area (Å²) >= 11 is 0. The molecule has 4 rings (SSSR count). The number of nitrogens with zero attached hydrogens (tertiary/aromatic N) is 2. The number of anilines is 1. The predicted octanol–water partition coefficient (Wildman–Crippen LogP) is 4.08. The van der Waals surface area contributed by atoms with E-state index in [1.807, 2.05) is 53.4 Å². The van der Waals surface area contributed by atoms with Crippen LogP contribution >= 0.6 is 0 Å². The highest BCUT2D eigenvalue weighted by molar-refractivity contribution is 6.10. The predicted molar refractivity (Wildman–Crippen MR) is 112 cm³/mol. The van der Waals surface area contributed by atoms with Crippen molar-refractivity contribution in [3.8, 4) is 5.69 Å². The lowest BCUT2D eigenvalue weighted by atomic mass is 9.88. The third kappa shape index (κ3) is 3.38. The summed E-state index contributed by atoms with van der Waals surface area (Å²) in [5.41, 5.74) is 0.709. The van der Waals surface area contributed by atoms with Gasteiger partial charge in [0.05, 0.1) is 12.1 Å². The first-order valence-corrected chi connectivity index (χ1v) is 9.95. The van der Waals surface area contributed by atoms with Gasteiger partial charge in [-0.15, -0.1) is 0 Å². The van der Waals surface area contributed by atoms with E-state index in [1.165, 1.54) is 0 Å². The van der Waals surface area contributed by atoms with Gasteiger partial charge in [0.2, 0.25) is 0 Å².